The molecule has 0 radical (unpaired) electrons. The summed E-state index contributed by atoms with van der Waals surface area (Å²) in [5.41, 5.74) is 9.48. The quantitative estimate of drug-likeness (QED) is 0.784. The summed E-state index contributed by atoms with van der Waals surface area (Å²) in [7, 11) is 1.66. The van der Waals surface area contributed by atoms with Crippen molar-refractivity contribution in [1.82, 2.24) is 9.88 Å². The molecule has 0 spiro atoms. The highest BCUT2D eigenvalue weighted by molar-refractivity contribution is 6.09. The fourth-order valence-corrected chi connectivity index (χ4v) is 3.51. The molecule has 0 fully saturated rings. The Morgan fingerprint density at radius 2 is 1.67 bits per heavy atom. The molecule has 1 aliphatic heterocycles. The molecule has 1 atom stereocenters. The first-order valence-electron chi connectivity index (χ1n) is 8.74. The van der Waals surface area contributed by atoms with Crippen LogP contribution >= 0.6 is 0 Å². The van der Waals surface area contributed by atoms with Gasteiger partial charge in [0.2, 0.25) is 0 Å². The van der Waals surface area contributed by atoms with Crippen LogP contribution in [0.5, 0.6) is 0 Å². The number of nitrogens with two attached hydrogens (primary N) is 1. The number of pyridine rings is 1. The van der Waals surface area contributed by atoms with Gasteiger partial charge in [0.05, 0.1) is 0 Å². The lowest BCUT2D eigenvalue weighted by atomic mass is 9.81. The van der Waals surface area contributed by atoms with Crippen LogP contribution in [0.25, 0.3) is 11.1 Å². The molecule has 0 saturated heterocycles. The number of aliphatic imine (C=N–C) groups is 1. The van der Waals surface area contributed by atoms with E-state index in [0.717, 1.165) is 27.8 Å². The van der Waals surface area contributed by atoms with Crippen molar-refractivity contribution in [3.8, 4) is 11.1 Å². The van der Waals surface area contributed by atoms with Crippen LogP contribution in [-0.4, -0.2) is 28.8 Å². The molecule has 2 N–H and O–H groups in total. The van der Waals surface area contributed by atoms with E-state index in [1.165, 1.54) is 4.90 Å². The lowest BCUT2D eigenvalue weighted by Crippen LogP contribution is -2.41. The van der Waals surface area contributed by atoms with Gasteiger partial charge in [-0.05, 0) is 41.3 Å². The van der Waals surface area contributed by atoms with Crippen molar-refractivity contribution in [1.29, 1.82) is 0 Å². The molecule has 2 heterocycles. The summed E-state index contributed by atoms with van der Waals surface area (Å²) in [5, 5.41) is 0. The van der Waals surface area contributed by atoms with Crippen LogP contribution in [0.4, 0.5) is 0 Å². The van der Waals surface area contributed by atoms with Crippen molar-refractivity contribution >= 4 is 11.9 Å². The molecular formula is C22H20N4O. The van der Waals surface area contributed by atoms with Crippen LogP contribution < -0.4 is 5.73 Å². The van der Waals surface area contributed by atoms with Gasteiger partial charge in [0, 0.05) is 19.4 Å². The zero-order valence-corrected chi connectivity index (χ0v) is 15.3. The van der Waals surface area contributed by atoms with Crippen molar-refractivity contribution in [3.05, 3.63) is 89.7 Å². The third-order valence-corrected chi connectivity index (χ3v) is 4.95. The lowest BCUT2D eigenvalue weighted by molar-refractivity contribution is -0.129. The molecule has 1 aliphatic rings. The molecule has 1 aromatic heterocycles. The molecule has 0 aliphatic carbocycles. The first kappa shape index (κ1) is 17.0. The second-order valence-electron chi connectivity index (χ2n) is 6.74. The summed E-state index contributed by atoms with van der Waals surface area (Å²) >= 11 is 0. The zero-order chi connectivity index (χ0) is 19.0. The van der Waals surface area contributed by atoms with Gasteiger partial charge < -0.3 is 5.73 Å². The topological polar surface area (TPSA) is 71.6 Å². The molecular weight excluding hydrogens is 336 g/mol. The van der Waals surface area contributed by atoms with Crippen LogP contribution in [0.15, 0.2) is 78.0 Å². The molecule has 3 aromatic rings. The highest BCUT2D eigenvalue weighted by atomic mass is 16.2. The fraction of sp³-hybridized carbons (Fsp3) is 0.136. The van der Waals surface area contributed by atoms with Gasteiger partial charge in [-0.15, -0.1) is 0 Å². The number of hydrogen-bond donors (Lipinski definition) is 1. The van der Waals surface area contributed by atoms with E-state index < -0.39 is 5.54 Å². The maximum Gasteiger partial charge on any atom is 0.266 e. The van der Waals surface area contributed by atoms with E-state index in [0.29, 0.717) is 0 Å². The van der Waals surface area contributed by atoms with Crippen molar-refractivity contribution in [3.63, 3.8) is 0 Å². The van der Waals surface area contributed by atoms with Crippen LogP contribution in [0.1, 0.15) is 16.7 Å². The molecule has 0 saturated carbocycles. The highest BCUT2D eigenvalue weighted by Crippen LogP contribution is 2.40. The SMILES string of the molecule is Cc1cccc(C2(c3cccc(-c4cccnc4)c3)N=C(N)N(C)C2=O)c1. The number of carbonyl (C=O) groups excluding carboxylic acids is 1. The molecule has 0 bridgehead atoms. The van der Waals surface area contributed by atoms with E-state index >= 15 is 0 Å². The highest BCUT2D eigenvalue weighted by Gasteiger charge is 2.49. The zero-order valence-electron chi connectivity index (χ0n) is 15.3. The maximum atomic E-state index is 13.3. The average molecular weight is 356 g/mol. The third-order valence-electron chi connectivity index (χ3n) is 4.95. The Labute approximate surface area is 158 Å². The largest absolute Gasteiger partial charge is 0.369 e. The van der Waals surface area contributed by atoms with Gasteiger partial charge in [-0.25, -0.2) is 4.99 Å². The van der Waals surface area contributed by atoms with Crippen molar-refractivity contribution in [2.24, 2.45) is 10.7 Å². The molecule has 1 unspecified atom stereocenters. The standard InChI is InChI=1S/C22H20N4O/c1-15-6-3-9-18(12-15)22(20(27)26(2)21(23)25-22)19-10-4-7-16(13-19)17-8-5-11-24-14-17/h3-14H,1-2H3,(H2,23,25). The number of rotatable bonds is 3. The number of nitrogens with zero attached hydrogens (tertiary/aromatic N) is 3. The number of aromatic nitrogens is 1. The van der Waals surface area contributed by atoms with E-state index in [2.05, 4.69) is 9.98 Å². The Balaban J connectivity index is 1.95. The minimum atomic E-state index is -1.18. The number of likely N-dealkylation sites (N-methyl/N-ethyl adjacent to an activating group) is 1. The first-order valence-corrected chi connectivity index (χ1v) is 8.74. The van der Waals surface area contributed by atoms with Crippen LogP contribution in [0, 0.1) is 6.92 Å². The monoisotopic (exact) mass is 356 g/mol. The van der Waals surface area contributed by atoms with Crippen molar-refractivity contribution < 1.29 is 4.79 Å². The molecule has 5 nitrogen and oxygen atoms in total. The van der Waals surface area contributed by atoms with Gasteiger partial charge in [0.1, 0.15) is 0 Å². The maximum absolute atomic E-state index is 13.3. The summed E-state index contributed by atoms with van der Waals surface area (Å²) in [4.78, 5) is 23.6. The predicted molar refractivity (Wildman–Crippen MR) is 106 cm³/mol. The minimum absolute atomic E-state index is 0.158. The number of guanidine groups is 1. The number of aryl methyl sites for hydroxylation is 1. The average Bonchev–Trinajstić information content (AvgIpc) is 2.94. The Hall–Kier alpha value is -3.47. The normalized spacial score (nSPS) is 19.3. The first-order chi connectivity index (χ1) is 13.0. The van der Waals surface area contributed by atoms with E-state index in [1.807, 2.05) is 67.6 Å². The second kappa shape index (κ2) is 6.36. The minimum Gasteiger partial charge on any atom is -0.369 e. The Morgan fingerprint density at radius 1 is 0.963 bits per heavy atom. The van der Waals surface area contributed by atoms with Crippen LogP contribution in [0.3, 0.4) is 0 Å². The summed E-state index contributed by atoms with van der Waals surface area (Å²) in [6, 6.07) is 19.6. The Morgan fingerprint density at radius 3 is 2.30 bits per heavy atom. The van der Waals surface area contributed by atoms with Crippen molar-refractivity contribution in [2.75, 3.05) is 7.05 Å². The van der Waals surface area contributed by atoms with Gasteiger partial charge in [-0.1, -0.05) is 54.1 Å². The number of carbonyl (C=O) groups is 1. The summed E-state index contributed by atoms with van der Waals surface area (Å²) in [6.45, 7) is 2.00. The van der Waals surface area contributed by atoms with Crippen molar-refractivity contribution in [2.45, 2.75) is 12.5 Å². The summed E-state index contributed by atoms with van der Waals surface area (Å²) < 4.78 is 0. The Kier molecular flexibility index (Phi) is 4.00. The van der Waals surface area contributed by atoms with Gasteiger partial charge >= 0.3 is 0 Å². The smallest absolute Gasteiger partial charge is 0.266 e. The molecule has 27 heavy (non-hydrogen) atoms. The van der Waals surface area contributed by atoms with E-state index in [4.69, 9.17) is 5.73 Å². The van der Waals surface area contributed by atoms with Gasteiger partial charge in [-0.3, -0.25) is 14.7 Å². The molecule has 2 aromatic carbocycles. The molecule has 4 rings (SSSR count). The van der Waals surface area contributed by atoms with Gasteiger partial charge in [0.25, 0.3) is 5.91 Å². The number of hydrogen-bond acceptors (Lipinski definition) is 4. The number of amides is 1. The third kappa shape index (κ3) is 2.68. The second-order valence-corrected chi connectivity index (χ2v) is 6.74. The molecule has 1 amide bonds. The van der Waals surface area contributed by atoms with Crippen LogP contribution in [-0.2, 0) is 10.3 Å². The molecule has 134 valence electrons. The lowest BCUT2D eigenvalue weighted by Gasteiger charge is -2.27. The van der Waals surface area contributed by atoms with Gasteiger partial charge in [-0.2, -0.15) is 0 Å². The van der Waals surface area contributed by atoms with Crippen LogP contribution in [0.2, 0.25) is 0 Å². The summed E-state index contributed by atoms with van der Waals surface area (Å²) in [5.74, 6) is 0.0576. The van der Waals surface area contributed by atoms with E-state index in [-0.39, 0.29) is 11.9 Å². The number of benzene rings is 2. The predicted octanol–water partition coefficient (Wildman–Crippen LogP) is 3.09. The van der Waals surface area contributed by atoms with E-state index in [1.54, 1.807) is 19.4 Å². The van der Waals surface area contributed by atoms with Gasteiger partial charge in [0.15, 0.2) is 11.5 Å². The molecule has 5 heteroatoms. The fourth-order valence-electron chi connectivity index (χ4n) is 3.51. The van der Waals surface area contributed by atoms with E-state index in [9.17, 15) is 4.79 Å². The Bertz CT molecular complexity index is 1040. The summed E-state index contributed by atoms with van der Waals surface area (Å²) in [6.07, 6.45) is 3.54.